The van der Waals surface area contributed by atoms with E-state index in [1.54, 1.807) is 0 Å². The van der Waals surface area contributed by atoms with Gasteiger partial charge in [-0.05, 0) is 59.7 Å². The highest BCUT2D eigenvalue weighted by Gasteiger charge is 2.13. The van der Waals surface area contributed by atoms with Crippen molar-refractivity contribution in [3.05, 3.63) is 78.4 Å². The predicted molar refractivity (Wildman–Crippen MR) is 183 cm³/mol. The molecule has 3 rings (SSSR count). The van der Waals surface area contributed by atoms with Gasteiger partial charge < -0.3 is 9.47 Å². The van der Waals surface area contributed by atoms with E-state index in [1.807, 2.05) is 6.92 Å². The van der Waals surface area contributed by atoms with Crippen molar-refractivity contribution in [2.45, 2.75) is 130 Å². The van der Waals surface area contributed by atoms with Gasteiger partial charge in [0.05, 0.1) is 6.61 Å². The van der Waals surface area contributed by atoms with Gasteiger partial charge in [0.2, 0.25) is 0 Å². The van der Waals surface area contributed by atoms with Gasteiger partial charge in [-0.25, -0.2) is 0 Å². The molecule has 1 atom stereocenters. The summed E-state index contributed by atoms with van der Waals surface area (Å²) in [5, 5.41) is 0. The van der Waals surface area contributed by atoms with Gasteiger partial charge in [-0.1, -0.05) is 158 Å². The lowest BCUT2D eigenvalue weighted by molar-refractivity contribution is -0.148. The zero-order valence-corrected chi connectivity index (χ0v) is 27.3. The number of carbonyl (C=O) groups excluding carboxylic acids is 1. The van der Waals surface area contributed by atoms with Crippen LogP contribution < -0.4 is 4.74 Å². The first-order chi connectivity index (χ1) is 21.1. The summed E-state index contributed by atoms with van der Waals surface area (Å²) in [5.41, 5.74) is 5.72. The molecule has 0 aliphatic carbocycles. The van der Waals surface area contributed by atoms with E-state index in [-0.39, 0.29) is 12.1 Å². The van der Waals surface area contributed by atoms with Crippen molar-refractivity contribution in [3.63, 3.8) is 0 Å². The first-order valence-corrected chi connectivity index (χ1v) is 17.2. The summed E-state index contributed by atoms with van der Waals surface area (Å²) in [4.78, 5) is 12.3. The van der Waals surface area contributed by atoms with E-state index in [2.05, 4.69) is 86.6 Å². The maximum Gasteiger partial charge on any atom is 0.306 e. The molecule has 3 aromatic carbocycles. The van der Waals surface area contributed by atoms with Crippen LogP contribution in [0.1, 0.15) is 135 Å². The van der Waals surface area contributed by atoms with Crippen LogP contribution in [0.2, 0.25) is 0 Å². The average molecular weight is 585 g/mol. The second kappa shape index (κ2) is 20.8. The molecule has 0 heterocycles. The van der Waals surface area contributed by atoms with Crippen LogP contribution in [-0.2, 0) is 9.53 Å². The van der Waals surface area contributed by atoms with Crippen LogP contribution in [0, 0.1) is 0 Å². The molecular weight excluding hydrogens is 528 g/mol. The van der Waals surface area contributed by atoms with Crippen LogP contribution in [0.25, 0.3) is 22.3 Å². The number of rotatable bonds is 22. The topological polar surface area (TPSA) is 35.5 Å². The molecule has 0 fully saturated rings. The lowest BCUT2D eigenvalue weighted by atomic mass is 9.93. The molecule has 0 amide bonds. The van der Waals surface area contributed by atoms with Gasteiger partial charge in [0, 0.05) is 6.42 Å². The van der Waals surface area contributed by atoms with Crippen LogP contribution in [0.15, 0.2) is 72.8 Å². The number of carbonyl (C=O) groups is 1. The summed E-state index contributed by atoms with van der Waals surface area (Å²) in [6.45, 7) is 7.23. The van der Waals surface area contributed by atoms with Crippen LogP contribution in [0.3, 0.4) is 0 Å². The smallest absolute Gasteiger partial charge is 0.306 e. The standard InChI is InChI=1S/C40H56O3/c1-4-6-8-10-12-13-14-16-20-32-42-37-30-28-36(29-31-37)39-22-19-18-21-38(39)35-26-24-34(25-27-35)33(3)43-40(41)23-17-15-11-9-7-5-2/h18-19,21-22,24-31,33H,4-17,20,23,32H2,1-3H3. The number of hydrogen-bond acceptors (Lipinski definition) is 3. The fraction of sp³-hybridized carbons (Fsp3) is 0.525. The zero-order valence-electron chi connectivity index (χ0n) is 27.3. The molecule has 234 valence electrons. The van der Waals surface area contributed by atoms with Gasteiger partial charge >= 0.3 is 5.97 Å². The van der Waals surface area contributed by atoms with E-state index in [4.69, 9.17) is 9.47 Å². The monoisotopic (exact) mass is 584 g/mol. The van der Waals surface area contributed by atoms with E-state index >= 15 is 0 Å². The third kappa shape index (κ3) is 13.0. The number of esters is 1. The first kappa shape index (κ1) is 34.4. The van der Waals surface area contributed by atoms with E-state index in [0.29, 0.717) is 6.42 Å². The minimum atomic E-state index is -0.250. The van der Waals surface area contributed by atoms with Crippen LogP contribution in [0.5, 0.6) is 5.75 Å². The molecule has 0 saturated carbocycles. The maximum atomic E-state index is 12.3. The minimum absolute atomic E-state index is 0.0991. The largest absolute Gasteiger partial charge is 0.494 e. The van der Waals surface area contributed by atoms with E-state index < -0.39 is 0 Å². The highest BCUT2D eigenvalue weighted by atomic mass is 16.5. The van der Waals surface area contributed by atoms with Crippen molar-refractivity contribution in [1.82, 2.24) is 0 Å². The SMILES string of the molecule is CCCCCCCCCCCOc1ccc(-c2ccccc2-c2ccc(C(C)OC(=O)CCCCCCCC)cc2)cc1. The molecule has 0 saturated heterocycles. The third-order valence-electron chi connectivity index (χ3n) is 8.34. The fourth-order valence-electron chi connectivity index (χ4n) is 5.63. The molecule has 1 unspecified atom stereocenters. The Kier molecular flexibility index (Phi) is 16.6. The Bertz CT molecular complexity index is 1150. The molecule has 0 bridgehead atoms. The van der Waals surface area contributed by atoms with Crippen molar-refractivity contribution >= 4 is 5.97 Å². The Labute approximate surface area is 262 Å². The lowest BCUT2D eigenvalue weighted by Gasteiger charge is -2.15. The zero-order chi connectivity index (χ0) is 30.5. The predicted octanol–water partition coefficient (Wildman–Crippen LogP) is 12.3. The molecule has 3 nitrogen and oxygen atoms in total. The van der Waals surface area contributed by atoms with Crippen molar-refractivity contribution in [1.29, 1.82) is 0 Å². The molecule has 0 aliphatic rings. The van der Waals surface area contributed by atoms with Gasteiger partial charge in [-0.2, -0.15) is 0 Å². The van der Waals surface area contributed by atoms with E-state index in [1.165, 1.54) is 93.7 Å². The third-order valence-corrected chi connectivity index (χ3v) is 8.34. The highest BCUT2D eigenvalue weighted by molar-refractivity contribution is 5.83. The molecule has 0 N–H and O–H groups in total. The number of benzene rings is 3. The first-order valence-electron chi connectivity index (χ1n) is 17.2. The maximum absolute atomic E-state index is 12.3. The van der Waals surface area contributed by atoms with Crippen LogP contribution in [0.4, 0.5) is 0 Å². The number of hydrogen-bond donors (Lipinski definition) is 0. The molecule has 3 heteroatoms. The average Bonchev–Trinajstić information content (AvgIpc) is 3.04. The number of unbranched alkanes of at least 4 members (excludes halogenated alkanes) is 13. The Morgan fingerprint density at radius 1 is 0.581 bits per heavy atom. The minimum Gasteiger partial charge on any atom is -0.494 e. The van der Waals surface area contributed by atoms with Crippen molar-refractivity contribution < 1.29 is 14.3 Å². The second-order valence-corrected chi connectivity index (χ2v) is 12.0. The molecular formula is C40H56O3. The number of ether oxygens (including phenoxy) is 2. The quantitative estimate of drug-likeness (QED) is 0.0870. The van der Waals surface area contributed by atoms with E-state index in [9.17, 15) is 4.79 Å². The van der Waals surface area contributed by atoms with Crippen molar-refractivity contribution in [3.8, 4) is 28.0 Å². The summed E-state index contributed by atoms with van der Waals surface area (Å²) < 4.78 is 11.8. The van der Waals surface area contributed by atoms with Crippen molar-refractivity contribution in [2.24, 2.45) is 0 Å². The summed E-state index contributed by atoms with van der Waals surface area (Å²) in [6.07, 6.45) is 19.2. The molecule has 0 aromatic heterocycles. The Morgan fingerprint density at radius 2 is 1.05 bits per heavy atom. The van der Waals surface area contributed by atoms with Gasteiger partial charge in [-0.3, -0.25) is 4.79 Å². The summed E-state index contributed by atoms with van der Waals surface area (Å²) in [6, 6.07) is 25.4. The molecule has 0 radical (unpaired) electrons. The molecule has 0 spiro atoms. The van der Waals surface area contributed by atoms with Gasteiger partial charge in [0.1, 0.15) is 11.9 Å². The second-order valence-electron chi connectivity index (χ2n) is 12.0. The van der Waals surface area contributed by atoms with E-state index in [0.717, 1.165) is 42.7 Å². The van der Waals surface area contributed by atoms with Crippen LogP contribution >= 0.6 is 0 Å². The highest BCUT2D eigenvalue weighted by Crippen LogP contribution is 2.34. The fourth-order valence-corrected chi connectivity index (χ4v) is 5.63. The Morgan fingerprint density at radius 3 is 1.58 bits per heavy atom. The van der Waals surface area contributed by atoms with Crippen LogP contribution in [-0.4, -0.2) is 12.6 Å². The van der Waals surface area contributed by atoms with Gasteiger partial charge in [0.15, 0.2) is 0 Å². The Hall–Kier alpha value is -3.07. The van der Waals surface area contributed by atoms with Crippen molar-refractivity contribution in [2.75, 3.05) is 6.61 Å². The lowest BCUT2D eigenvalue weighted by Crippen LogP contribution is -2.08. The van der Waals surface area contributed by atoms with Gasteiger partial charge in [-0.15, -0.1) is 0 Å². The normalized spacial score (nSPS) is 11.8. The molecule has 43 heavy (non-hydrogen) atoms. The molecule has 3 aromatic rings. The summed E-state index contributed by atoms with van der Waals surface area (Å²) in [7, 11) is 0. The summed E-state index contributed by atoms with van der Waals surface area (Å²) >= 11 is 0. The van der Waals surface area contributed by atoms with Gasteiger partial charge in [0.25, 0.3) is 0 Å². The molecule has 0 aliphatic heterocycles. The Balaban J connectivity index is 1.46. The summed E-state index contributed by atoms with van der Waals surface area (Å²) in [5.74, 6) is 0.836.